The maximum absolute atomic E-state index is 11.9. The molecule has 1 aromatic carbocycles. The fraction of sp³-hybridized carbons (Fsp3) is 0.538. The predicted molar refractivity (Wildman–Crippen MR) is 71.8 cm³/mol. The number of rotatable bonds is 6. The Balaban J connectivity index is 2.07. The molecule has 1 fully saturated rings. The molecule has 1 aliphatic rings. The fourth-order valence-corrected chi connectivity index (χ4v) is 3.17. The molecule has 0 heterocycles. The highest BCUT2D eigenvalue weighted by Gasteiger charge is 2.24. The molecule has 18 heavy (non-hydrogen) atoms. The van der Waals surface area contributed by atoms with Crippen LogP contribution in [0, 0.1) is 5.92 Å². The standard InChI is InChI=1S/C13H19NO3S/c1-10(15)12-4-2-3-5-13(12)14-18(16,17)9-8-11-6-7-11/h2-5,10-11,14-15H,6-9H2,1H3. The van der Waals surface area contributed by atoms with Gasteiger partial charge in [0, 0.05) is 5.56 Å². The van der Waals surface area contributed by atoms with Gasteiger partial charge in [0.15, 0.2) is 0 Å². The van der Waals surface area contributed by atoms with Crippen LogP contribution in [-0.4, -0.2) is 19.3 Å². The Morgan fingerprint density at radius 1 is 1.39 bits per heavy atom. The van der Waals surface area contributed by atoms with Gasteiger partial charge in [-0.1, -0.05) is 31.0 Å². The van der Waals surface area contributed by atoms with Crippen LogP contribution in [0.2, 0.25) is 0 Å². The third-order valence-corrected chi connectivity index (χ3v) is 4.47. The largest absolute Gasteiger partial charge is 0.389 e. The zero-order chi connectivity index (χ0) is 13.2. The quantitative estimate of drug-likeness (QED) is 0.832. The average molecular weight is 269 g/mol. The molecular formula is C13H19NO3S. The van der Waals surface area contributed by atoms with Crippen molar-refractivity contribution >= 4 is 15.7 Å². The topological polar surface area (TPSA) is 66.4 Å². The number of hydrogen-bond acceptors (Lipinski definition) is 3. The van der Waals surface area contributed by atoms with Gasteiger partial charge in [-0.25, -0.2) is 8.42 Å². The summed E-state index contributed by atoms with van der Waals surface area (Å²) in [6, 6.07) is 6.94. The van der Waals surface area contributed by atoms with Crippen molar-refractivity contribution in [1.82, 2.24) is 0 Å². The van der Waals surface area contributed by atoms with Gasteiger partial charge in [-0.15, -0.1) is 0 Å². The van der Waals surface area contributed by atoms with Gasteiger partial charge in [0.2, 0.25) is 10.0 Å². The van der Waals surface area contributed by atoms with E-state index in [0.29, 0.717) is 17.2 Å². The van der Waals surface area contributed by atoms with Crippen molar-refractivity contribution in [3.63, 3.8) is 0 Å². The molecule has 1 unspecified atom stereocenters. The molecule has 0 bridgehead atoms. The summed E-state index contributed by atoms with van der Waals surface area (Å²) in [5.74, 6) is 0.750. The molecule has 0 spiro atoms. The predicted octanol–water partition coefficient (Wildman–Crippen LogP) is 2.28. The number of para-hydroxylation sites is 1. The third-order valence-electron chi connectivity index (χ3n) is 3.17. The van der Waals surface area contributed by atoms with Crippen LogP contribution in [0.4, 0.5) is 5.69 Å². The maximum atomic E-state index is 11.9. The van der Waals surface area contributed by atoms with Crippen molar-refractivity contribution in [2.45, 2.75) is 32.3 Å². The maximum Gasteiger partial charge on any atom is 0.232 e. The molecule has 0 amide bonds. The van der Waals surface area contributed by atoms with E-state index in [9.17, 15) is 13.5 Å². The van der Waals surface area contributed by atoms with E-state index in [0.717, 1.165) is 19.3 Å². The third kappa shape index (κ3) is 3.71. The van der Waals surface area contributed by atoms with Crippen LogP contribution >= 0.6 is 0 Å². The van der Waals surface area contributed by atoms with Crippen molar-refractivity contribution in [1.29, 1.82) is 0 Å². The van der Waals surface area contributed by atoms with E-state index in [1.165, 1.54) is 0 Å². The minimum Gasteiger partial charge on any atom is -0.389 e. The monoisotopic (exact) mass is 269 g/mol. The van der Waals surface area contributed by atoms with E-state index < -0.39 is 16.1 Å². The Morgan fingerprint density at radius 2 is 2.06 bits per heavy atom. The summed E-state index contributed by atoms with van der Waals surface area (Å²) in [4.78, 5) is 0. The van der Waals surface area contributed by atoms with Gasteiger partial charge >= 0.3 is 0 Å². The Labute approximate surface area is 108 Å². The molecule has 0 aromatic heterocycles. The molecule has 100 valence electrons. The van der Waals surface area contributed by atoms with E-state index in [1.54, 1.807) is 31.2 Å². The second kappa shape index (κ2) is 5.28. The first kappa shape index (κ1) is 13.4. The molecule has 1 aromatic rings. The van der Waals surface area contributed by atoms with Gasteiger partial charge in [0.05, 0.1) is 17.5 Å². The second-order valence-corrected chi connectivity index (χ2v) is 6.76. The Morgan fingerprint density at radius 3 is 2.67 bits per heavy atom. The summed E-state index contributed by atoms with van der Waals surface area (Å²) < 4.78 is 26.4. The lowest BCUT2D eigenvalue weighted by molar-refractivity contribution is 0.200. The average Bonchev–Trinajstić information content (AvgIpc) is 3.10. The smallest absolute Gasteiger partial charge is 0.232 e. The van der Waals surface area contributed by atoms with Crippen molar-refractivity contribution in [2.24, 2.45) is 5.92 Å². The first-order valence-electron chi connectivity index (χ1n) is 6.25. The summed E-state index contributed by atoms with van der Waals surface area (Å²) >= 11 is 0. The van der Waals surface area contributed by atoms with Crippen LogP contribution in [0.15, 0.2) is 24.3 Å². The first-order valence-corrected chi connectivity index (χ1v) is 7.90. The molecule has 1 atom stereocenters. The molecule has 2 N–H and O–H groups in total. The number of hydrogen-bond donors (Lipinski definition) is 2. The van der Waals surface area contributed by atoms with Gasteiger partial charge in [0.1, 0.15) is 0 Å². The first-order chi connectivity index (χ1) is 8.48. The van der Waals surface area contributed by atoms with Crippen molar-refractivity contribution in [3.05, 3.63) is 29.8 Å². The summed E-state index contributed by atoms with van der Waals surface area (Å²) in [5.41, 5.74) is 1.08. The number of benzene rings is 1. The molecular weight excluding hydrogens is 250 g/mol. The molecule has 0 saturated heterocycles. The number of sulfonamides is 1. The van der Waals surface area contributed by atoms with Gasteiger partial charge in [-0.2, -0.15) is 0 Å². The van der Waals surface area contributed by atoms with Gasteiger partial charge in [-0.05, 0) is 25.3 Å². The molecule has 0 radical (unpaired) electrons. The van der Waals surface area contributed by atoms with Crippen molar-refractivity contribution in [2.75, 3.05) is 10.5 Å². The molecule has 0 aliphatic heterocycles. The lowest BCUT2D eigenvalue weighted by atomic mass is 10.1. The van der Waals surface area contributed by atoms with Crippen LogP contribution in [0.25, 0.3) is 0 Å². The number of anilines is 1. The fourth-order valence-electron chi connectivity index (χ4n) is 1.90. The van der Waals surface area contributed by atoms with E-state index in [2.05, 4.69) is 4.72 Å². The molecule has 5 heteroatoms. The summed E-state index contributed by atoms with van der Waals surface area (Å²) in [6.07, 6.45) is 2.35. The molecule has 1 aliphatic carbocycles. The van der Waals surface area contributed by atoms with E-state index in [4.69, 9.17) is 0 Å². The zero-order valence-electron chi connectivity index (χ0n) is 10.5. The zero-order valence-corrected chi connectivity index (χ0v) is 11.3. The highest BCUT2D eigenvalue weighted by atomic mass is 32.2. The van der Waals surface area contributed by atoms with Gasteiger partial charge in [-0.3, -0.25) is 4.72 Å². The van der Waals surface area contributed by atoms with Crippen LogP contribution in [0.3, 0.4) is 0 Å². The lowest BCUT2D eigenvalue weighted by Gasteiger charge is -2.14. The number of aliphatic hydroxyl groups is 1. The number of aliphatic hydroxyl groups excluding tert-OH is 1. The molecule has 1 saturated carbocycles. The van der Waals surface area contributed by atoms with Crippen LogP contribution in [0.5, 0.6) is 0 Å². The van der Waals surface area contributed by atoms with Gasteiger partial charge in [0.25, 0.3) is 0 Å². The highest BCUT2D eigenvalue weighted by molar-refractivity contribution is 7.92. The lowest BCUT2D eigenvalue weighted by Crippen LogP contribution is -2.18. The normalized spacial score (nSPS) is 17.4. The van der Waals surface area contributed by atoms with E-state index in [1.807, 2.05) is 0 Å². The Bertz CT molecular complexity index is 507. The van der Waals surface area contributed by atoms with Crippen molar-refractivity contribution < 1.29 is 13.5 Å². The molecule has 4 nitrogen and oxygen atoms in total. The summed E-state index contributed by atoms with van der Waals surface area (Å²) in [7, 11) is -3.31. The summed E-state index contributed by atoms with van der Waals surface area (Å²) in [6.45, 7) is 1.62. The van der Waals surface area contributed by atoms with E-state index in [-0.39, 0.29) is 5.75 Å². The van der Waals surface area contributed by atoms with Crippen LogP contribution < -0.4 is 4.72 Å². The van der Waals surface area contributed by atoms with Crippen LogP contribution in [-0.2, 0) is 10.0 Å². The van der Waals surface area contributed by atoms with Crippen molar-refractivity contribution in [3.8, 4) is 0 Å². The Hall–Kier alpha value is -1.07. The Kier molecular flexibility index (Phi) is 3.92. The summed E-state index contributed by atoms with van der Waals surface area (Å²) in [5, 5.41) is 9.59. The highest BCUT2D eigenvalue weighted by Crippen LogP contribution is 2.33. The SMILES string of the molecule is CC(O)c1ccccc1NS(=O)(=O)CCC1CC1. The minimum atomic E-state index is -3.31. The number of nitrogens with one attached hydrogen (secondary N) is 1. The van der Waals surface area contributed by atoms with Gasteiger partial charge < -0.3 is 5.11 Å². The minimum absolute atomic E-state index is 0.159. The second-order valence-electron chi connectivity index (χ2n) is 4.92. The molecule has 2 rings (SSSR count). The van der Waals surface area contributed by atoms with E-state index >= 15 is 0 Å². The van der Waals surface area contributed by atoms with Crippen LogP contribution in [0.1, 0.15) is 37.9 Å².